The number of hydrogen-bond donors (Lipinski definition) is 0. The van der Waals surface area contributed by atoms with Gasteiger partial charge in [0.15, 0.2) is 21.2 Å². The highest BCUT2D eigenvalue weighted by atomic mass is 32.2. The predicted octanol–water partition coefficient (Wildman–Crippen LogP) is 1.12. The summed E-state index contributed by atoms with van der Waals surface area (Å²) >= 11 is 0. The van der Waals surface area contributed by atoms with Crippen molar-refractivity contribution in [3.8, 4) is 0 Å². The zero-order valence-electron chi connectivity index (χ0n) is 18.9. The van der Waals surface area contributed by atoms with Gasteiger partial charge in [-0.3, -0.25) is 9.59 Å². The van der Waals surface area contributed by atoms with Crippen LogP contribution in [0.3, 0.4) is 0 Å². The second kappa shape index (κ2) is 7.02. The predicted molar refractivity (Wildman–Crippen MR) is 115 cm³/mol. The molecular weight excluding hydrogens is 448 g/mol. The Labute approximate surface area is 192 Å². The third kappa shape index (κ3) is 2.40. The molecule has 0 radical (unpaired) electrons. The molecule has 4 fully saturated rings. The maximum absolute atomic E-state index is 14.1. The van der Waals surface area contributed by atoms with E-state index in [0.29, 0.717) is 26.1 Å². The van der Waals surface area contributed by atoms with Crippen LogP contribution in [-0.4, -0.2) is 77.8 Å². The highest BCUT2D eigenvalue weighted by Gasteiger charge is 2.90. The van der Waals surface area contributed by atoms with Crippen LogP contribution in [-0.2, 0) is 33.7 Å². The monoisotopic (exact) mass is 476 g/mol. The topological polar surface area (TPSA) is 110 Å². The quantitative estimate of drug-likeness (QED) is 0.447. The van der Waals surface area contributed by atoms with Gasteiger partial charge < -0.3 is 19.3 Å². The number of piperidine rings is 1. The van der Waals surface area contributed by atoms with Crippen molar-refractivity contribution in [1.29, 1.82) is 0 Å². The first-order valence-corrected chi connectivity index (χ1v) is 13.1. The first-order valence-electron chi connectivity index (χ1n) is 11.5. The Bertz CT molecular complexity index is 1130. The lowest BCUT2D eigenvalue weighted by molar-refractivity contribution is -0.175. The number of carbonyl (C=O) groups is 3. The number of hydrogen-bond acceptors (Lipinski definition) is 7. The number of benzene rings is 1. The second-order valence-corrected chi connectivity index (χ2v) is 11.2. The van der Waals surface area contributed by atoms with Gasteiger partial charge in [-0.2, -0.15) is 0 Å². The Morgan fingerprint density at radius 3 is 2.42 bits per heavy atom. The minimum Gasteiger partial charge on any atom is -0.446 e. The normalized spacial score (nSPS) is 36.6. The summed E-state index contributed by atoms with van der Waals surface area (Å²) in [7, 11) is -4.11. The van der Waals surface area contributed by atoms with Crippen molar-refractivity contribution < 1.29 is 32.3 Å². The highest BCUT2D eigenvalue weighted by Crippen LogP contribution is 2.66. The molecule has 5 rings (SSSR count). The van der Waals surface area contributed by atoms with Crippen LogP contribution in [0, 0.1) is 5.92 Å². The van der Waals surface area contributed by atoms with Gasteiger partial charge in [0.1, 0.15) is 5.25 Å². The first kappa shape index (κ1) is 22.3. The van der Waals surface area contributed by atoms with Gasteiger partial charge in [-0.05, 0) is 45.2 Å². The van der Waals surface area contributed by atoms with Gasteiger partial charge in [-0.1, -0.05) is 25.1 Å². The standard InChI is InChI=1S/C23H28N2O7S/c1-4-21(18(26)24(5-2)6-3)16-17(33(29,30)15-11-8-7-9-12-15)22-13-10-14-25(22)19(27)23(16,32-22)20(28)31-21/h7-9,11-12,16-17H,4-6,10,13-14H2,1-3H3/t16-,17+,21+,22-,23+/m1/s1. The number of likely N-dealkylation sites (N-methyl/N-ethyl adjacent to an activating group) is 1. The number of nitrogens with zero attached hydrogens (tertiary/aromatic N) is 2. The number of cyclic esters (lactones) is 1. The maximum atomic E-state index is 14.1. The molecule has 0 aliphatic carbocycles. The molecule has 10 heteroatoms. The molecule has 4 saturated heterocycles. The molecule has 4 aliphatic rings. The van der Waals surface area contributed by atoms with E-state index >= 15 is 0 Å². The zero-order chi connectivity index (χ0) is 23.8. The summed E-state index contributed by atoms with van der Waals surface area (Å²) in [5.74, 6) is -3.30. The molecule has 33 heavy (non-hydrogen) atoms. The van der Waals surface area contributed by atoms with E-state index in [9.17, 15) is 22.8 Å². The van der Waals surface area contributed by atoms with Crippen molar-refractivity contribution in [2.24, 2.45) is 5.92 Å². The van der Waals surface area contributed by atoms with Crippen molar-refractivity contribution in [2.45, 2.75) is 67.1 Å². The van der Waals surface area contributed by atoms with Crippen LogP contribution in [0.15, 0.2) is 35.2 Å². The van der Waals surface area contributed by atoms with Crippen LogP contribution in [0.5, 0.6) is 0 Å². The molecule has 0 saturated carbocycles. The summed E-state index contributed by atoms with van der Waals surface area (Å²) in [6.45, 7) is 6.29. The van der Waals surface area contributed by atoms with Gasteiger partial charge >= 0.3 is 5.97 Å². The van der Waals surface area contributed by atoms with Crippen molar-refractivity contribution >= 4 is 27.6 Å². The molecule has 1 aromatic rings. The summed E-state index contributed by atoms with van der Waals surface area (Å²) in [5, 5.41) is -1.31. The van der Waals surface area contributed by atoms with E-state index in [1.165, 1.54) is 21.9 Å². The van der Waals surface area contributed by atoms with Crippen LogP contribution in [0.1, 0.15) is 40.0 Å². The van der Waals surface area contributed by atoms with Gasteiger partial charge in [0.25, 0.3) is 17.4 Å². The molecule has 4 heterocycles. The lowest BCUT2D eigenvalue weighted by Crippen LogP contribution is -2.67. The fourth-order valence-corrected chi connectivity index (χ4v) is 8.83. The summed E-state index contributed by atoms with van der Waals surface area (Å²) in [4.78, 5) is 43.8. The molecule has 5 atom stereocenters. The summed E-state index contributed by atoms with van der Waals surface area (Å²) < 4.78 is 40.3. The fraction of sp³-hybridized carbons (Fsp3) is 0.609. The number of carbonyl (C=O) groups excluding carboxylic acids is 3. The van der Waals surface area contributed by atoms with E-state index in [1.54, 1.807) is 39.0 Å². The van der Waals surface area contributed by atoms with Gasteiger partial charge in [-0.15, -0.1) is 0 Å². The molecule has 2 spiro atoms. The Kier molecular flexibility index (Phi) is 4.75. The van der Waals surface area contributed by atoms with E-state index in [1.807, 2.05) is 0 Å². The van der Waals surface area contributed by atoms with Gasteiger partial charge in [0.05, 0.1) is 10.8 Å². The highest BCUT2D eigenvalue weighted by molar-refractivity contribution is 7.92. The van der Waals surface area contributed by atoms with E-state index in [2.05, 4.69) is 0 Å². The average molecular weight is 477 g/mol. The number of sulfone groups is 1. The molecular formula is C23H28N2O7S. The van der Waals surface area contributed by atoms with Crippen LogP contribution in [0.25, 0.3) is 0 Å². The Morgan fingerprint density at radius 1 is 1.15 bits per heavy atom. The van der Waals surface area contributed by atoms with Crippen LogP contribution >= 0.6 is 0 Å². The largest absolute Gasteiger partial charge is 0.446 e. The second-order valence-electron chi connectivity index (χ2n) is 9.11. The van der Waals surface area contributed by atoms with E-state index < -0.39 is 55.7 Å². The number of rotatable bonds is 6. The van der Waals surface area contributed by atoms with Crippen LogP contribution in [0.2, 0.25) is 0 Å². The third-order valence-electron chi connectivity index (χ3n) is 7.88. The van der Waals surface area contributed by atoms with Gasteiger partial charge in [0.2, 0.25) is 0 Å². The molecule has 0 N–H and O–H groups in total. The fourth-order valence-electron chi connectivity index (χ4n) is 6.45. The Morgan fingerprint density at radius 2 is 1.82 bits per heavy atom. The average Bonchev–Trinajstić information content (AvgIpc) is 3.51. The van der Waals surface area contributed by atoms with E-state index in [4.69, 9.17) is 9.47 Å². The van der Waals surface area contributed by atoms with Gasteiger partial charge in [0, 0.05) is 19.6 Å². The Balaban J connectivity index is 1.78. The Hall–Kier alpha value is -2.46. The summed E-state index contributed by atoms with van der Waals surface area (Å²) in [6.07, 6.45) is 0.863. The van der Waals surface area contributed by atoms with Crippen LogP contribution in [0.4, 0.5) is 0 Å². The number of esters is 1. The van der Waals surface area contributed by atoms with Crippen molar-refractivity contribution in [2.75, 3.05) is 19.6 Å². The van der Waals surface area contributed by atoms with Crippen molar-refractivity contribution in [1.82, 2.24) is 9.80 Å². The molecule has 0 aromatic heterocycles. The molecule has 2 amide bonds. The van der Waals surface area contributed by atoms with Crippen molar-refractivity contribution in [3.05, 3.63) is 30.3 Å². The third-order valence-corrected chi connectivity index (χ3v) is 10.1. The summed E-state index contributed by atoms with van der Waals surface area (Å²) in [5.41, 5.74) is -5.41. The molecule has 9 nitrogen and oxygen atoms in total. The van der Waals surface area contributed by atoms with Crippen molar-refractivity contribution in [3.63, 3.8) is 0 Å². The zero-order valence-corrected chi connectivity index (χ0v) is 19.8. The molecule has 4 aliphatic heterocycles. The van der Waals surface area contributed by atoms with Crippen LogP contribution < -0.4 is 0 Å². The molecule has 2 bridgehead atoms. The number of amides is 2. The lowest BCUT2D eigenvalue weighted by Gasteiger charge is -2.43. The molecule has 178 valence electrons. The maximum Gasteiger partial charge on any atom is 0.350 e. The molecule has 0 unspecified atom stereocenters. The number of ether oxygens (including phenoxy) is 2. The first-order chi connectivity index (χ1) is 15.7. The molecule has 1 aromatic carbocycles. The lowest BCUT2D eigenvalue weighted by atomic mass is 9.71. The minimum absolute atomic E-state index is 0.0357. The van der Waals surface area contributed by atoms with E-state index in [-0.39, 0.29) is 17.7 Å². The minimum atomic E-state index is -4.11. The summed E-state index contributed by atoms with van der Waals surface area (Å²) in [6, 6.07) is 7.93. The van der Waals surface area contributed by atoms with Gasteiger partial charge in [-0.25, -0.2) is 13.2 Å². The smallest absolute Gasteiger partial charge is 0.350 e. The van der Waals surface area contributed by atoms with E-state index in [0.717, 1.165) is 0 Å². The SMILES string of the molecule is CCN(CC)C(=O)[C@@]1(CC)OC(=O)[C@@]23O[C@]4(CCCN4C2=O)[C@@H](S(=O)(=O)c2ccccc2)[C@@H]31.